The van der Waals surface area contributed by atoms with Crippen LogP contribution in [0.15, 0.2) is 18.7 Å². The Labute approximate surface area is 116 Å². The van der Waals surface area contributed by atoms with Crippen LogP contribution >= 0.6 is 0 Å². The Kier molecular flexibility index (Phi) is 3.49. The normalized spacial score (nSPS) is 18.0. The van der Waals surface area contributed by atoms with Crippen LogP contribution in [0.25, 0.3) is 5.65 Å². The quantitative estimate of drug-likeness (QED) is 0.880. The fourth-order valence-electron chi connectivity index (χ4n) is 2.86. The highest BCUT2D eigenvalue weighted by Crippen LogP contribution is 2.28. The first kappa shape index (κ1) is 12.8. The van der Waals surface area contributed by atoms with Gasteiger partial charge in [0.25, 0.3) is 0 Å². The highest BCUT2D eigenvalue weighted by molar-refractivity contribution is 5.79. The summed E-state index contributed by atoms with van der Waals surface area (Å²) in [6, 6.07) is -0.620. The number of aliphatic carboxylic acids is 1. The van der Waals surface area contributed by atoms with E-state index >= 15 is 0 Å². The third kappa shape index (κ3) is 2.43. The molecule has 0 amide bonds. The number of rotatable bonds is 4. The fourth-order valence-corrected chi connectivity index (χ4v) is 2.86. The molecule has 1 saturated carbocycles. The van der Waals surface area contributed by atoms with Crippen LogP contribution in [0.1, 0.15) is 32.1 Å². The maximum absolute atomic E-state index is 11.5. The van der Waals surface area contributed by atoms with Crippen molar-refractivity contribution < 1.29 is 9.90 Å². The largest absolute Gasteiger partial charge is 0.480 e. The lowest BCUT2D eigenvalue weighted by Crippen LogP contribution is -2.38. The molecule has 2 aromatic rings. The smallest absolute Gasteiger partial charge is 0.326 e. The molecule has 1 unspecified atom stereocenters. The van der Waals surface area contributed by atoms with Gasteiger partial charge in [-0.1, -0.05) is 19.3 Å². The first-order valence-corrected chi connectivity index (χ1v) is 6.89. The van der Waals surface area contributed by atoms with Crippen molar-refractivity contribution in [1.82, 2.24) is 19.6 Å². The predicted molar refractivity (Wildman–Crippen MR) is 72.4 cm³/mol. The number of nitrogens with one attached hydrogen (secondary N) is 1. The highest BCUT2D eigenvalue weighted by Gasteiger charge is 2.30. The van der Waals surface area contributed by atoms with Crippen molar-refractivity contribution in [3.05, 3.63) is 18.7 Å². The molecule has 0 aromatic carbocycles. The van der Waals surface area contributed by atoms with Gasteiger partial charge in [-0.2, -0.15) is 0 Å². The van der Waals surface area contributed by atoms with Crippen molar-refractivity contribution in [2.24, 2.45) is 5.92 Å². The van der Waals surface area contributed by atoms with Crippen molar-refractivity contribution >= 4 is 17.4 Å². The Bertz CT molecular complexity index is 606. The molecule has 0 bridgehead atoms. The number of nitrogens with zero attached hydrogens (tertiary/aromatic N) is 4. The van der Waals surface area contributed by atoms with Crippen molar-refractivity contribution in [1.29, 1.82) is 0 Å². The minimum absolute atomic E-state index is 0.145. The van der Waals surface area contributed by atoms with Crippen LogP contribution in [0.5, 0.6) is 0 Å². The summed E-state index contributed by atoms with van der Waals surface area (Å²) >= 11 is 0. The van der Waals surface area contributed by atoms with Crippen molar-refractivity contribution in [3.63, 3.8) is 0 Å². The van der Waals surface area contributed by atoms with Gasteiger partial charge in [0.1, 0.15) is 12.4 Å². The van der Waals surface area contributed by atoms with E-state index in [-0.39, 0.29) is 5.92 Å². The Morgan fingerprint density at radius 2 is 2.20 bits per heavy atom. The summed E-state index contributed by atoms with van der Waals surface area (Å²) in [4.78, 5) is 15.7. The van der Waals surface area contributed by atoms with Crippen LogP contribution < -0.4 is 5.32 Å². The summed E-state index contributed by atoms with van der Waals surface area (Å²) in [5.74, 6) is -0.214. The molecule has 0 spiro atoms. The summed E-state index contributed by atoms with van der Waals surface area (Å²) < 4.78 is 1.72. The van der Waals surface area contributed by atoms with E-state index in [1.54, 1.807) is 23.1 Å². The summed E-state index contributed by atoms with van der Waals surface area (Å²) in [6.07, 6.45) is 10.2. The van der Waals surface area contributed by atoms with Crippen molar-refractivity contribution in [2.75, 3.05) is 5.32 Å². The molecule has 1 atom stereocenters. The molecule has 0 saturated heterocycles. The van der Waals surface area contributed by atoms with E-state index in [1.807, 2.05) is 0 Å². The van der Waals surface area contributed by atoms with Gasteiger partial charge in [0.05, 0.1) is 0 Å². The molecule has 0 radical (unpaired) electrons. The van der Waals surface area contributed by atoms with Crippen LogP contribution in [-0.2, 0) is 4.79 Å². The van der Waals surface area contributed by atoms with Gasteiger partial charge in [-0.25, -0.2) is 9.78 Å². The number of hydrogen-bond donors (Lipinski definition) is 2. The third-order valence-electron chi connectivity index (χ3n) is 3.90. The lowest BCUT2D eigenvalue weighted by Gasteiger charge is -2.28. The van der Waals surface area contributed by atoms with E-state index in [2.05, 4.69) is 20.5 Å². The second-order valence-electron chi connectivity index (χ2n) is 5.20. The van der Waals surface area contributed by atoms with Gasteiger partial charge in [-0.3, -0.25) is 4.40 Å². The topological polar surface area (TPSA) is 92.4 Å². The number of carbonyl (C=O) groups is 1. The molecule has 7 heteroatoms. The van der Waals surface area contributed by atoms with Gasteiger partial charge in [0.2, 0.25) is 5.65 Å². The standard InChI is InChI=1S/C13H17N5O2/c19-13(20)10(9-4-2-1-3-5-9)16-11-12-17-15-8-18(12)7-6-14-11/h6-10H,1-5H2,(H,14,16)(H,19,20). The molecular weight excluding hydrogens is 258 g/mol. The monoisotopic (exact) mass is 275 g/mol. The maximum atomic E-state index is 11.5. The number of carboxylic acids is 1. The molecule has 2 heterocycles. The molecule has 1 fully saturated rings. The predicted octanol–water partition coefficient (Wildman–Crippen LogP) is 1.57. The van der Waals surface area contributed by atoms with Crippen LogP contribution in [0.2, 0.25) is 0 Å². The second-order valence-corrected chi connectivity index (χ2v) is 5.20. The highest BCUT2D eigenvalue weighted by atomic mass is 16.4. The van der Waals surface area contributed by atoms with Crippen LogP contribution in [-0.4, -0.2) is 36.7 Å². The molecule has 20 heavy (non-hydrogen) atoms. The number of aromatic nitrogens is 4. The van der Waals surface area contributed by atoms with Gasteiger partial charge in [0, 0.05) is 12.4 Å². The fraction of sp³-hybridized carbons (Fsp3) is 0.538. The minimum atomic E-state index is -0.833. The van der Waals surface area contributed by atoms with E-state index in [0.29, 0.717) is 11.5 Å². The lowest BCUT2D eigenvalue weighted by atomic mass is 9.84. The summed E-state index contributed by atoms with van der Waals surface area (Å²) in [5, 5.41) is 20.3. The van der Waals surface area contributed by atoms with Gasteiger partial charge < -0.3 is 10.4 Å². The Morgan fingerprint density at radius 3 is 2.95 bits per heavy atom. The molecule has 106 valence electrons. The molecule has 1 aliphatic carbocycles. The average molecular weight is 275 g/mol. The third-order valence-corrected chi connectivity index (χ3v) is 3.90. The van der Waals surface area contributed by atoms with Gasteiger partial charge in [-0.05, 0) is 18.8 Å². The van der Waals surface area contributed by atoms with Crippen LogP contribution in [0, 0.1) is 5.92 Å². The molecule has 7 nitrogen and oxygen atoms in total. The number of anilines is 1. The number of hydrogen-bond acceptors (Lipinski definition) is 5. The zero-order valence-electron chi connectivity index (χ0n) is 11.1. The number of carboxylic acid groups (broad SMARTS) is 1. The zero-order valence-corrected chi connectivity index (χ0v) is 11.1. The second kappa shape index (κ2) is 5.44. The van der Waals surface area contributed by atoms with E-state index in [4.69, 9.17) is 0 Å². The van der Waals surface area contributed by atoms with E-state index in [9.17, 15) is 9.90 Å². The molecule has 1 aliphatic rings. The SMILES string of the molecule is O=C(O)C(Nc1nccn2cnnc12)C1CCCCC1. The number of fused-ring (bicyclic) bond motifs is 1. The minimum Gasteiger partial charge on any atom is -0.480 e. The summed E-state index contributed by atoms with van der Waals surface area (Å²) in [6.45, 7) is 0. The first-order valence-electron chi connectivity index (χ1n) is 6.89. The maximum Gasteiger partial charge on any atom is 0.326 e. The molecule has 3 rings (SSSR count). The average Bonchev–Trinajstić information content (AvgIpc) is 2.94. The Hall–Kier alpha value is -2.18. The molecule has 2 aromatic heterocycles. The van der Waals surface area contributed by atoms with E-state index in [0.717, 1.165) is 25.7 Å². The van der Waals surface area contributed by atoms with E-state index in [1.165, 1.54) is 6.42 Å². The van der Waals surface area contributed by atoms with Crippen molar-refractivity contribution in [3.8, 4) is 0 Å². The van der Waals surface area contributed by atoms with E-state index < -0.39 is 12.0 Å². The van der Waals surface area contributed by atoms with Gasteiger partial charge in [0.15, 0.2) is 5.82 Å². The summed E-state index contributed by atoms with van der Waals surface area (Å²) in [5.41, 5.74) is 0.551. The van der Waals surface area contributed by atoms with Crippen LogP contribution in [0.4, 0.5) is 5.82 Å². The van der Waals surface area contributed by atoms with Crippen molar-refractivity contribution in [2.45, 2.75) is 38.1 Å². The first-order chi connectivity index (χ1) is 9.75. The summed E-state index contributed by atoms with van der Waals surface area (Å²) in [7, 11) is 0. The Balaban J connectivity index is 1.85. The van der Waals surface area contributed by atoms with Crippen LogP contribution in [0.3, 0.4) is 0 Å². The van der Waals surface area contributed by atoms with Gasteiger partial charge >= 0.3 is 5.97 Å². The van der Waals surface area contributed by atoms with Gasteiger partial charge in [-0.15, -0.1) is 10.2 Å². The molecule has 0 aliphatic heterocycles. The zero-order chi connectivity index (χ0) is 13.9. The lowest BCUT2D eigenvalue weighted by molar-refractivity contribution is -0.139. The Morgan fingerprint density at radius 1 is 1.40 bits per heavy atom. The molecular formula is C13H17N5O2. The molecule has 2 N–H and O–H groups in total.